The summed E-state index contributed by atoms with van der Waals surface area (Å²) >= 11 is 0. The predicted octanol–water partition coefficient (Wildman–Crippen LogP) is 3.69. The normalized spacial score (nSPS) is 13.4. The first-order valence-corrected chi connectivity index (χ1v) is 9.56. The molecule has 0 saturated carbocycles. The summed E-state index contributed by atoms with van der Waals surface area (Å²) < 4.78 is 8.02. The molecule has 1 aromatic carbocycles. The van der Waals surface area contributed by atoms with Gasteiger partial charge in [0.2, 0.25) is 0 Å². The second-order valence-corrected chi connectivity index (χ2v) is 7.29. The standard InChI is InChI=1S/C21H33N5O.HI/c1-15-8-7-9-20(10-15)27-19(5)13-24-21(22-6)23-12-16(2)14-26-18(4)11-17(3)25-26;/h7-11,16,19H,12-14H2,1-6H3,(H2,22,23,24);1H. The Hall–Kier alpha value is -1.77. The molecule has 2 N–H and O–H groups in total. The van der Waals surface area contributed by atoms with Crippen molar-refractivity contribution < 1.29 is 4.74 Å². The zero-order valence-electron chi connectivity index (χ0n) is 17.8. The molecule has 0 spiro atoms. The number of aliphatic imine (C=N–C) groups is 1. The summed E-state index contributed by atoms with van der Waals surface area (Å²) in [4.78, 5) is 4.30. The minimum Gasteiger partial charge on any atom is -0.489 e. The Kier molecular flexibility index (Phi) is 10.3. The monoisotopic (exact) mass is 499 g/mol. The van der Waals surface area contributed by atoms with Crippen molar-refractivity contribution in [3.05, 3.63) is 47.3 Å². The van der Waals surface area contributed by atoms with E-state index in [1.54, 1.807) is 7.05 Å². The van der Waals surface area contributed by atoms with Crippen molar-refractivity contribution in [2.24, 2.45) is 10.9 Å². The topological polar surface area (TPSA) is 63.5 Å². The first kappa shape index (κ1) is 24.3. The van der Waals surface area contributed by atoms with Crippen molar-refractivity contribution in [3.63, 3.8) is 0 Å². The maximum atomic E-state index is 5.95. The van der Waals surface area contributed by atoms with Gasteiger partial charge in [-0.1, -0.05) is 19.1 Å². The van der Waals surface area contributed by atoms with E-state index in [1.165, 1.54) is 11.3 Å². The molecule has 2 aromatic rings. The number of nitrogens with one attached hydrogen (secondary N) is 2. The third-order valence-corrected chi connectivity index (χ3v) is 4.31. The Labute approximate surface area is 186 Å². The van der Waals surface area contributed by atoms with E-state index in [9.17, 15) is 0 Å². The summed E-state index contributed by atoms with van der Waals surface area (Å²) in [5.41, 5.74) is 3.46. The second kappa shape index (κ2) is 11.9. The van der Waals surface area contributed by atoms with Gasteiger partial charge >= 0.3 is 0 Å². The van der Waals surface area contributed by atoms with Gasteiger partial charge in [-0.15, -0.1) is 24.0 Å². The first-order chi connectivity index (χ1) is 12.9. The number of aryl methyl sites for hydroxylation is 3. The molecule has 7 heteroatoms. The van der Waals surface area contributed by atoms with E-state index in [2.05, 4.69) is 58.3 Å². The fourth-order valence-corrected chi connectivity index (χ4v) is 2.91. The molecule has 2 unspecified atom stereocenters. The molecule has 156 valence electrons. The molecule has 0 aliphatic rings. The molecule has 0 aliphatic carbocycles. The Morgan fingerprint density at radius 2 is 1.86 bits per heavy atom. The maximum Gasteiger partial charge on any atom is 0.191 e. The van der Waals surface area contributed by atoms with E-state index in [0.717, 1.165) is 30.5 Å². The molecule has 1 heterocycles. The average Bonchev–Trinajstić information content (AvgIpc) is 2.92. The highest BCUT2D eigenvalue weighted by Crippen LogP contribution is 2.13. The summed E-state index contributed by atoms with van der Waals surface area (Å²) in [6, 6.07) is 10.2. The van der Waals surface area contributed by atoms with E-state index in [4.69, 9.17) is 4.74 Å². The molecule has 1 aromatic heterocycles. The first-order valence-electron chi connectivity index (χ1n) is 9.56. The van der Waals surface area contributed by atoms with E-state index >= 15 is 0 Å². The van der Waals surface area contributed by atoms with Crippen LogP contribution in [0.15, 0.2) is 35.3 Å². The molecular weight excluding hydrogens is 465 g/mol. The number of rotatable bonds is 8. The third-order valence-electron chi connectivity index (χ3n) is 4.31. The van der Waals surface area contributed by atoms with Crippen molar-refractivity contribution in [2.45, 2.75) is 47.3 Å². The van der Waals surface area contributed by atoms with Crippen LogP contribution in [-0.2, 0) is 6.54 Å². The van der Waals surface area contributed by atoms with Gasteiger partial charge in [-0.3, -0.25) is 9.67 Å². The number of hydrogen-bond donors (Lipinski definition) is 2. The lowest BCUT2D eigenvalue weighted by Gasteiger charge is -2.19. The van der Waals surface area contributed by atoms with E-state index in [0.29, 0.717) is 12.5 Å². The largest absolute Gasteiger partial charge is 0.489 e. The molecular formula is C21H34IN5O. The van der Waals surface area contributed by atoms with Crippen LogP contribution in [0.4, 0.5) is 0 Å². The summed E-state index contributed by atoms with van der Waals surface area (Å²) in [5, 5.41) is 11.2. The molecule has 2 atom stereocenters. The van der Waals surface area contributed by atoms with Crippen molar-refractivity contribution in [3.8, 4) is 5.75 Å². The third kappa shape index (κ3) is 8.08. The minimum absolute atomic E-state index is 0. The Morgan fingerprint density at radius 1 is 1.14 bits per heavy atom. The summed E-state index contributed by atoms with van der Waals surface area (Å²) in [7, 11) is 1.78. The van der Waals surface area contributed by atoms with Crippen molar-refractivity contribution >= 4 is 29.9 Å². The van der Waals surface area contributed by atoms with Gasteiger partial charge in [0.25, 0.3) is 0 Å². The van der Waals surface area contributed by atoms with Crippen molar-refractivity contribution in [1.82, 2.24) is 20.4 Å². The van der Waals surface area contributed by atoms with Gasteiger partial charge in [-0.05, 0) is 57.4 Å². The molecule has 0 saturated heterocycles. The average molecular weight is 499 g/mol. The zero-order valence-corrected chi connectivity index (χ0v) is 20.2. The van der Waals surface area contributed by atoms with Crippen LogP contribution in [0, 0.1) is 26.7 Å². The predicted molar refractivity (Wildman–Crippen MR) is 127 cm³/mol. The van der Waals surface area contributed by atoms with Crippen molar-refractivity contribution in [1.29, 1.82) is 0 Å². The van der Waals surface area contributed by atoms with Gasteiger partial charge in [0.15, 0.2) is 5.96 Å². The number of nitrogens with zero attached hydrogens (tertiary/aromatic N) is 3. The zero-order chi connectivity index (χ0) is 19.8. The molecule has 28 heavy (non-hydrogen) atoms. The van der Waals surface area contributed by atoms with Gasteiger partial charge in [0.05, 0.1) is 12.2 Å². The number of guanidine groups is 1. The van der Waals surface area contributed by atoms with Crippen molar-refractivity contribution in [2.75, 3.05) is 20.1 Å². The molecule has 2 rings (SSSR count). The molecule has 0 aliphatic heterocycles. The van der Waals surface area contributed by atoms with Crippen LogP contribution in [-0.4, -0.2) is 42.0 Å². The highest BCUT2D eigenvalue weighted by molar-refractivity contribution is 14.0. The van der Waals surface area contributed by atoms with Crippen LogP contribution in [0.1, 0.15) is 30.8 Å². The summed E-state index contributed by atoms with van der Waals surface area (Å²) in [6.07, 6.45) is 0.0393. The Balaban J connectivity index is 0.00000392. The lowest BCUT2D eigenvalue weighted by Crippen LogP contribution is -2.43. The Morgan fingerprint density at radius 3 is 2.46 bits per heavy atom. The molecule has 0 amide bonds. The fraction of sp³-hybridized carbons (Fsp3) is 0.524. The number of ether oxygens (including phenoxy) is 1. The molecule has 6 nitrogen and oxygen atoms in total. The smallest absolute Gasteiger partial charge is 0.191 e. The van der Waals surface area contributed by atoms with E-state index in [-0.39, 0.29) is 30.1 Å². The van der Waals surface area contributed by atoms with Crippen LogP contribution in [0.25, 0.3) is 0 Å². The van der Waals surface area contributed by atoms with Crippen LogP contribution >= 0.6 is 24.0 Å². The van der Waals surface area contributed by atoms with Crippen LogP contribution in [0.2, 0.25) is 0 Å². The minimum atomic E-state index is 0. The van der Waals surface area contributed by atoms with Gasteiger partial charge in [0, 0.05) is 25.8 Å². The van der Waals surface area contributed by atoms with Crippen LogP contribution in [0.3, 0.4) is 0 Å². The van der Waals surface area contributed by atoms with Gasteiger partial charge in [-0.2, -0.15) is 5.10 Å². The van der Waals surface area contributed by atoms with Crippen LogP contribution in [0.5, 0.6) is 5.75 Å². The highest BCUT2D eigenvalue weighted by Gasteiger charge is 2.10. The van der Waals surface area contributed by atoms with Crippen LogP contribution < -0.4 is 15.4 Å². The Bertz CT molecular complexity index is 759. The number of hydrogen-bond acceptors (Lipinski definition) is 3. The summed E-state index contributed by atoms with van der Waals surface area (Å²) in [5.74, 6) is 2.11. The fourth-order valence-electron chi connectivity index (χ4n) is 2.91. The maximum absolute atomic E-state index is 5.95. The number of aromatic nitrogens is 2. The molecule has 0 fully saturated rings. The SMILES string of the molecule is CN=C(NCC(C)Cn1nc(C)cc1C)NCC(C)Oc1cccc(C)c1.I. The van der Waals surface area contributed by atoms with E-state index < -0.39 is 0 Å². The summed E-state index contributed by atoms with van der Waals surface area (Å²) in [6.45, 7) is 12.8. The van der Waals surface area contributed by atoms with Gasteiger partial charge in [-0.25, -0.2) is 0 Å². The van der Waals surface area contributed by atoms with E-state index in [1.807, 2.05) is 32.0 Å². The number of benzene rings is 1. The molecule has 0 radical (unpaired) electrons. The quantitative estimate of drug-likeness (QED) is 0.331. The lowest BCUT2D eigenvalue weighted by atomic mass is 10.2. The van der Waals surface area contributed by atoms with Gasteiger partial charge < -0.3 is 15.4 Å². The number of halogens is 1. The second-order valence-electron chi connectivity index (χ2n) is 7.29. The lowest BCUT2D eigenvalue weighted by molar-refractivity contribution is 0.223. The van der Waals surface area contributed by atoms with Gasteiger partial charge in [0.1, 0.15) is 11.9 Å². The molecule has 0 bridgehead atoms. The highest BCUT2D eigenvalue weighted by atomic mass is 127.